The molecule has 4 nitrogen and oxygen atoms in total. The molecular weight excluding hydrogens is 238 g/mol. The number of hydrogen-bond donors (Lipinski definition) is 1. The smallest absolute Gasteiger partial charge is 0.0946 e. The van der Waals surface area contributed by atoms with Gasteiger partial charge in [0, 0.05) is 38.1 Å². The Morgan fingerprint density at radius 1 is 1.47 bits per heavy atom. The molecule has 0 aliphatic carbocycles. The maximum Gasteiger partial charge on any atom is 0.0946 e. The predicted octanol–water partition coefficient (Wildman–Crippen LogP) is 2.31. The molecule has 1 fully saturated rings. The molecule has 0 amide bonds. The Balaban J connectivity index is 1.86. The first-order chi connectivity index (χ1) is 9.05. The summed E-state index contributed by atoms with van der Waals surface area (Å²) in [5.74, 6) is 0.668. The zero-order valence-corrected chi connectivity index (χ0v) is 12.4. The zero-order chi connectivity index (χ0) is 13.7. The predicted molar refractivity (Wildman–Crippen MR) is 77.0 cm³/mol. The Morgan fingerprint density at radius 3 is 2.89 bits per heavy atom. The Labute approximate surface area is 116 Å². The molecule has 2 unspecified atom stereocenters. The third kappa shape index (κ3) is 4.62. The van der Waals surface area contributed by atoms with Gasteiger partial charge in [0.05, 0.1) is 12.9 Å². The molecule has 1 aliphatic heterocycles. The van der Waals surface area contributed by atoms with Crippen molar-refractivity contribution in [2.45, 2.75) is 46.2 Å². The molecule has 108 valence electrons. The van der Waals surface area contributed by atoms with E-state index in [4.69, 9.17) is 4.74 Å². The molecule has 0 bridgehead atoms. The minimum Gasteiger partial charge on any atom is -0.381 e. The monoisotopic (exact) mass is 265 g/mol. The summed E-state index contributed by atoms with van der Waals surface area (Å²) in [7, 11) is 0. The first-order valence-electron chi connectivity index (χ1n) is 7.32. The van der Waals surface area contributed by atoms with E-state index in [0.717, 1.165) is 26.3 Å². The number of aromatic nitrogens is 2. The van der Waals surface area contributed by atoms with E-state index in [1.165, 1.54) is 12.8 Å². The van der Waals surface area contributed by atoms with Gasteiger partial charge in [0.25, 0.3) is 0 Å². The van der Waals surface area contributed by atoms with Gasteiger partial charge in [-0.3, -0.25) is 0 Å². The van der Waals surface area contributed by atoms with Gasteiger partial charge in [-0.25, -0.2) is 4.98 Å². The summed E-state index contributed by atoms with van der Waals surface area (Å²) >= 11 is 0. The third-order valence-corrected chi connectivity index (χ3v) is 3.91. The van der Waals surface area contributed by atoms with Crippen molar-refractivity contribution in [1.82, 2.24) is 14.9 Å². The maximum absolute atomic E-state index is 5.55. The minimum atomic E-state index is 0.236. The SMILES string of the molecule is CC(C)(C)C(Cn1ccnc1)NCC1CCCOC1. The molecule has 0 aromatic carbocycles. The van der Waals surface area contributed by atoms with Crippen molar-refractivity contribution in [2.75, 3.05) is 19.8 Å². The van der Waals surface area contributed by atoms with Crippen LogP contribution in [0.1, 0.15) is 33.6 Å². The van der Waals surface area contributed by atoms with Crippen LogP contribution < -0.4 is 5.32 Å². The highest BCUT2D eigenvalue weighted by atomic mass is 16.5. The van der Waals surface area contributed by atoms with Gasteiger partial charge in [-0.05, 0) is 24.2 Å². The van der Waals surface area contributed by atoms with Crippen LogP contribution in [-0.2, 0) is 11.3 Å². The van der Waals surface area contributed by atoms with Crippen molar-refractivity contribution in [3.63, 3.8) is 0 Å². The van der Waals surface area contributed by atoms with Crippen LogP contribution in [0.2, 0.25) is 0 Å². The second-order valence-corrected chi connectivity index (χ2v) is 6.67. The minimum absolute atomic E-state index is 0.236. The molecule has 4 heteroatoms. The molecule has 2 atom stereocenters. The summed E-state index contributed by atoms with van der Waals surface area (Å²) in [5, 5.41) is 3.74. The van der Waals surface area contributed by atoms with Crippen molar-refractivity contribution in [3.05, 3.63) is 18.7 Å². The van der Waals surface area contributed by atoms with Crippen LogP contribution in [0.5, 0.6) is 0 Å². The highest BCUT2D eigenvalue weighted by Gasteiger charge is 2.25. The normalized spacial score (nSPS) is 22.4. The second kappa shape index (κ2) is 6.53. The van der Waals surface area contributed by atoms with Gasteiger partial charge in [0.1, 0.15) is 0 Å². The molecule has 19 heavy (non-hydrogen) atoms. The van der Waals surface area contributed by atoms with E-state index in [2.05, 4.69) is 35.6 Å². The van der Waals surface area contributed by atoms with Crippen LogP contribution in [0, 0.1) is 11.3 Å². The quantitative estimate of drug-likeness (QED) is 0.888. The van der Waals surface area contributed by atoms with E-state index in [0.29, 0.717) is 12.0 Å². The van der Waals surface area contributed by atoms with Gasteiger partial charge in [-0.1, -0.05) is 20.8 Å². The lowest BCUT2D eigenvalue weighted by Gasteiger charge is -2.34. The second-order valence-electron chi connectivity index (χ2n) is 6.67. The summed E-state index contributed by atoms with van der Waals surface area (Å²) in [5.41, 5.74) is 0.236. The van der Waals surface area contributed by atoms with Gasteiger partial charge in [0.2, 0.25) is 0 Å². The van der Waals surface area contributed by atoms with E-state index in [-0.39, 0.29) is 5.41 Å². The van der Waals surface area contributed by atoms with Crippen molar-refractivity contribution < 1.29 is 4.74 Å². The van der Waals surface area contributed by atoms with E-state index in [9.17, 15) is 0 Å². The van der Waals surface area contributed by atoms with Gasteiger partial charge in [0.15, 0.2) is 0 Å². The molecule has 0 saturated carbocycles. The average Bonchev–Trinajstić information content (AvgIpc) is 2.87. The molecule has 1 aliphatic rings. The average molecular weight is 265 g/mol. The van der Waals surface area contributed by atoms with Crippen LogP contribution >= 0.6 is 0 Å². The highest BCUT2D eigenvalue weighted by molar-refractivity contribution is 4.85. The molecule has 1 N–H and O–H groups in total. The van der Waals surface area contributed by atoms with Gasteiger partial charge >= 0.3 is 0 Å². The largest absolute Gasteiger partial charge is 0.381 e. The highest BCUT2D eigenvalue weighted by Crippen LogP contribution is 2.22. The Morgan fingerprint density at radius 2 is 2.32 bits per heavy atom. The molecule has 2 heterocycles. The van der Waals surface area contributed by atoms with Gasteiger partial charge in [-0.15, -0.1) is 0 Å². The fourth-order valence-electron chi connectivity index (χ4n) is 2.53. The summed E-state index contributed by atoms with van der Waals surface area (Å²) in [6.07, 6.45) is 8.26. The van der Waals surface area contributed by atoms with E-state index < -0.39 is 0 Å². The lowest BCUT2D eigenvalue weighted by Crippen LogP contribution is -2.46. The molecule has 1 aromatic heterocycles. The van der Waals surface area contributed by atoms with Crippen LogP contribution in [-0.4, -0.2) is 35.4 Å². The van der Waals surface area contributed by atoms with Crippen molar-refractivity contribution >= 4 is 0 Å². The maximum atomic E-state index is 5.55. The molecular formula is C15H27N3O. The van der Waals surface area contributed by atoms with Crippen LogP contribution in [0.4, 0.5) is 0 Å². The Hall–Kier alpha value is -0.870. The fourth-order valence-corrected chi connectivity index (χ4v) is 2.53. The molecule has 0 spiro atoms. The van der Waals surface area contributed by atoms with E-state index in [1.54, 1.807) is 0 Å². The third-order valence-electron chi connectivity index (χ3n) is 3.91. The first kappa shape index (κ1) is 14.5. The lowest BCUT2D eigenvalue weighted by atomic mass is 9.86. The number of hydrogen-bond acceptors (Lipinski definition) is 3. The molecule has 2 rings (SSSR count). The summed E-state index contributed by atoms with van der Waals surface area (Å²) in [6.45, 7) is 10.7. The zero-order valence-electron chi connectivity index (χ0n) is 12.4. The molecule has 0 radical (unpaired) electrons. The summed E-state index contributed by atoms with van der Waals surface area (Å²) in [4.78, 5) is 4.12. The summed E-state index contributed by atoms with van der Waals surface area (Å²) < 4.78 is 7.70. The topological polar surface area (TPSA) is 39.1 Å². The fraction of sp³-hybridized carbons (Fsp3) is 0.800. The van der Waals surface area contributed by atoms with Gasteiger partial charge < -0.3 is 14.6 Å². The van der Waals surface area contributed by atoms with E-state index in [1.807, 2.05) is 18.7 Å². The van der Waals surface area contributed by atoms with Crippen LogP contribution in [0.3, 0.4) is 0 Å². The number of rotatable bonds is 5. The Bertz CT molecular complexity index is 350. The first-order valence-corrected chi connectivity index (χ1v) is 7.32. The molecule has 1 saturated heterocycles. The standard InChI is InChI=1S/C15H27N3O/c1-15(2,3)14(10-18-7-6-16-12-18)17-9-13-5-4-8-19-11-13/h6-7,12-14,17H,4-5,8-11H2,1-3H3. The van der Waals surface area contributed by atoms with Crippen molar-refractivity contribution in [2.24, 2.45) is 11.3 Å². The number of ether oxygens (including phenoxy) is 1. The van der Waals surface area contributed by atoms with Crippen LogP contribution in [0.25, 0.3) is 0 Å². The Kier molecular flexibility index (Phi) is 4.99. The van der Waals surface area contributed by atoms with Crippen LogP contribution in [0.15, 0.2) is 18.7 Å². The number of nitrogens with one attached hydrogen (secondary N) is 1. The number of nitrogens with zero attached hydrogens (tertiary/aromatic N) is 2. The van der Waals surface area contributed by atoms with E-state index >= 15 is 0 Å². The van der Waals surface area contributed by atoms with Gasteiger partial charge in [-0.2, -0.15) is 0 Å². The van der Waals surface area contributed by atoms with Crippen molar-refractivity contribution in [3.8, 4) is 0 Å². The molecule has 1 aromatic rings. The van der Waals surface area contributed by atoms with Crippen molar-refractivity contribution in [1.29, 1.82) is 0 Å². The number of imidazole rings is 1. The summed E-state index contributed by atoms with van der Waals surface area (Å²) in [6, 6.07) is 0.448. The lowest BCUT2D eigenvalue weighted by molar-refractivity contribution is 0.0513.